The highest BCUT2D eigenvalue weighted by molar-refractivity contribution is 5.95. The van der Waals surface area contributed by atoms with Crippen molar-refractivity contribution >= 4 is 11.6 Å². The van der Waals surface area contributed by atoms with Crippen LogP contribution in [0.1, 0.15) is 16.8 Å². The van der Waals surface area contributed by atoms with Gasteiger partial charge in [-0.3, -0.25) is 4.79 Å². The first kappa shape index (κ1) is 15.3. The van der Waals surface area contributed by atoms with E-state index in [0.29, 0.717) is 24.5 Å². The predicted octanol–water partition coefficient (Wildman–Crippen LogP) is 1.84. The average molecular weight is 312 g/mol. The molecule has 6 nitrogen and oxygen atoms in total. The Balaban J connectivity index is 1.64. The molecule has 1 unspecified atom stereocenters. The van der Waals surface area contributed by atoms with Crippen LogP contribution in [0.4, 0.5) is 5.69 Å². The molecule has 1 aliphatic heterocycles. The Morgan fingerprint density at radius 3 is 2.91 bits per heavy atom. The highest BCUT2D eigenvalue weighted by Crippen LogP contribution is 2.20. The summed E-state index contributed by atoms with van der Waals surface area (Å²) >= 11 is 0. The van der Waals surface area contributed by atoms with E-state index in [1.807, 2.05) is 48.2 Å². The van der Waals surface area contributed by atoms with Crippen molar-refractivity contribution in [1.82, 2.24) is 15.1 Å². The molecule has 1 fully saturated rings. The Labute approximate surface area is 135 Å². The van der Waals surface area contributed by atoms with Gasteiger partial charge in [-0.25, -0.2) is 0 Å². The van der Waals surface area contributed by atoms with Gasteiger partial charge >= 0.3 is 0 Å². The van der Waals surface area contributed by atoms with Crippen molar-refractivity contribution in [2.75, 3.05) is 32.1 Å². The second-order valence-corrected chi connectivity index (χ2v) is 5.79. The van der Waals surface area contributed by atoms with E-state index >= 15 is 0 Å². The maximum atomic E-state index is 12.6. The fraction of sp³-hybridized carbons (Fsp3) is 0.353. The number of hydrogen-bond acceptors (Lipinski definition) is 5. The second-order valence-electron chi connectivity index (χ2n) is 5.79. The van der Waals surface area contributed by atoms with Crippen LogP contribution >= 0.6 is 0 Å². The SMILES string of the molecule is CN(C)c1cccc(C(=O)N2CCC(Oc3cccnn3)C2)c1. The Morgan fingerprint density at radius 2 is 2.17 bits per heavy atom. The maximum absolute atomic E-state index is 12.6. The second kappa shape index (κ2) is 6.64. The van der Waals surface area contributed by atoms with Gasteiger partial charge < -0.3 is 14.5 Å². The van der Waals surface area contributed by atoms with Crippen molar-refractivity contribution in [1.29, 1.82) is 0 Å². The number of anilines is 1. The van der Waals surface area contributed by atoms with E-state index in [2.05, 4.69) is 10.2 Å². The molecule has 1 aliphatic rings. The van der Waals surface area contributed by atoms with Gasteiger partial charge in [-0.05, 0) is 24.3 Å². The van der Waals surface area contributed by atoms with Gasteiger partial charge in [0, 0.05) is 50.6 Å². The van der Waals surface area contributed by atoms with Gasteiger partial charge in [-0.2, -0.15) is 5.10 Å². The van der Waals surface area contributed by atoms with E-state index in [0.717, 1.165) is 12.1 Å². The Kier molecular flexibility index (Phi) is 4.41. The van der Waals surface area contributed by atoms with Gasteiger partial charge in [0.25, 0.3) is 5.91 Å². The number of ether oxygens (including phenoxy) is 1. The lowest BCUT2D eigenvalue weighted by Gasteiger charge is -2.18. The Morgan fingerprint density at radius 1 is 1.30 bits per heavy atom. The van der Waals surface area contributed by atoms with E-state index in [1.165, 1.54) is 0 Å². The zero-order valence-corrected chi connectivity index (χ0v) is 13.3. The zero-order valence-electron chi connectivity index (χ0n) is 13.3. The van der Waals surface area contributed by atoms with Crippen LogP contribution < -0.4 is 9.64 Å². The summed E-state index contributed by atoms with van der Waals surface area (Å²) in [6.45, 7) is 1.26. The van der Waals surface area contributed by atoms with E-state index in [1.54, 1.807) is 18.3 Å². The fourth-order valence-electron chi connectivity index (χ4n) is 2.63. The number of carbonyl (C=O) groups excluding carboxylic acids is 1. The lowest BCUT2D eigenvalue weighted by molar-refractivity contribution is 0.0771. The topological polar surface area (TPSA) is 58.6 Å². The van der Waals surface area contributed by atoms with Gasteiger partial charge in [0.05, 0.1) is 6.54 Å². The molecule has 0 spiro atoms. The highest BCUT2D eigenvalue weighted by Gasteiger charge is 2.28. The molecule has 2 heterocycles. The molecule has 1 aromatic carbocycles. The summed E-state index contributed by atoms with van der Waals surface area (Å²) in [6, 6.07) is 11.2. The number of likely N-dealkylation sites (tertiary alicyclic amines) is 1. The van der Waals surface area contributed by atoms with Crippen molar-refractivity contribution in [3.8, 4) is 5.88 Å². The van der Waals surface area contributed by atoms with Crippen molar-refractivity contribution in [2.45, 2.75) is 12.5 Å². The largest absolute Gasteiger partial charge is 0.471 e. The van der Waals surface area contributed by atoms with E-state index in [4.69, 9.17) is 4.74 Å². The van der Waals surface area contributed by atoms with Crippen molar-refractivity contribution < 1.29 is 9.53 Å². The van der Waals surface area contributed by atoms with Crippen LogP contribution in [0.2, 0.25) is 0 Å². The number of aromatic nitrogens is 2. The zero-order chi connectivity index (χ0) is 16.2. The van der Waals surface area contributed by atoms with Gasteiger partial charge in [0.15, 0.2) is 0 Å². The van der Waals surface area contributed by atoms with Crippen molar-refractivity contribution in [3.63, 3.8) is 0 Å². The number of hydrogen-bond donors (Lipinski definition) is 0. The summed E-state index contributed by atoms with van der Waals surface area (Å²) in [4.78, 5) is 16.5. The van der Waals surface area contributed by atoms with Crippen LogP contribution in [0.15, 0.2) is 42.6 Å². The molecule has 0 N–H and O–H groups in total. The van der Waals surface area contributed by atoms with E-state index in [-0.39, 0.29) is 12.0 Å². The molecule has 3 rings (SSSR count). The number of amides is 1. The quantitative estimate of drug-likeness (QED) is 0.862. The third kappa shape index (κ3) is 3.59. The van der Waals surface area contributed by atoms with Crippen molar-refractivity contribution in [2.24, 2.45) is 0 Å². The molecular weight excluding hydrogens is 292 g/mol. The molecule has 6 heteroatoms. The van der Waals surface area contributed by atoms with Gasteiger partial charge in [-0.15, -0.1) is 5.10 Å². The van der Waals surface area contributed by atoms with Crippen LogP contribution in [-0.4, -0.2) is 54.3 Å². The minimum Gasteiger partial charge on any atom is -0.471 e. The molecule has 120 valence electrons. The molecule has 1 atom stereocenters. The lowest BCUT2D eigenvalue weighted by atomic mass is 10.1. The van der Waals surface area contributed by atoms with Crippen LogP contribution in [0.25, 0.3) is 0 Å². The van der Waals surface area contributed by atoms with Crippen LogP contribution in [0, 0.1) is 0 Å². The number of nitrogens with zero attached hydrogens (tertiary/aromatic N) is 4. The van der Waals surface area contributed by atoms with Crippen LogP contribution in [0.5, 0.6) is 5.88 Å². The van der Waals surface area contributed by atoms with Crippen molar-refractivity contribution in [3.05, 3.63) is 48.2 Å². The summed E-state index contributed by atoms with van der Waals surface area (Å²) in [7, 11) is 3.93. The minimum absolute atomic E-state index is 0.0346. The summed E-state index contributed by atoms with van der Waals surface area (Å²) < 4.78 is 5.78. The standard InChI is InChI=1S/C17H20N4O2/c1-20(2)14-6-3-5-13(11-14)17(22)21-10-8-15(12-21)23-16-7-4-9-18-19-16/h3-7,9,11,15H,8,10,12H2,1-2H3. The van der Waals surface area contributed by atoms with Gasteiger partial charge in [0.1, 0.15) is 6.10 Å². The van der Waals surface area contributed by atoms with Crippen LogP contribution in [0.3, 0.4) is 0 Å². The summed E-state index contributed by atoms with van der Waals surface area (Å²) in [5, 5.41) is 7.71. The Bertz CT molecular complexity index is 675. The number of benzene rings is 1. The average Bonchev–Trinajstić information content (AvgIpc) is 3.03. The first-order valence-corrected chi connectivity index (χ1v) is 7.64. The molecule has 1 amide bonds. The maximum Gasteiger partial charge on any atom is 0.254 e. The molecule has 23 heavy (non-hydrogen) atoms. The molecule has 0 aliphatic carbocycles. The predicted molar refractivity (Wildman–Crippen MR) is 87.7 cm³/mol. The highest BCUT2D eigenvalue weighted by atomic mass is 16.5. The number of rotatable bonds is 4. The molecule has 2 aromatic rings. The van der Waals surface area contributed by atoms with Gasteiger partial charge in [-0.1, -0.05) is 6.07 Å². The molecule has 0 radical (unpaired) electrons. The first-order valence-electron chi connectivity index (χ1n) is 7.64. The van der Waals surface area contributed by atoms with E-state index in [9.17, 15) is 4.79 Å². The third-order valence-electron chi connectivity index (χ3n) is 3.88. The van der Waals surface area contributed by atoms with E-state index < -0.39 is 0 Å². The summed E-state index contributed by atoms with van der Waals surface area (Å²) in [5.74, 6) is 0.542. The molecule has 1 saturated heterocycles. The molecule has 1 aromatic heterocycles. The third-order valence-corrected chi connectivity index (χ3v) is 3.88. The summed E-state index contributed by atoms with van der Waals surface area (Å²) in [5.41, 5.74) is 1.72. The fourth-order valence-corrected chi connectivity index (χ4v) is 2.63. The molecule has 0 saturated carbocycles. The number of carbonyl (C=O) groups is 1. The van der Waals surface area contributed by atoms with Crippen LogP contribution in [-0.2, 0) is 0 Å². The Hall–Kier alpha value is -2.63. The first-order chi connectivity index (χ1) is 11.1. The minimum atomic E-state index is -0.0346. The smallest absolute Gasteiger partial charge is 0.254 e. The molecule has 0 bridgehead atoms. The molecular formula is C17H20N4O2. The monoisotopic (exact) mass is 312 g/mol. The lowest BCUT2D eigenvalue weighted by Crippen LogP contribution is -2.31. The normalized spacial score (nSPS) is 17.1. The summed E-state index contributed by atoms with van der Waals surface area (Å²) in [6.07, 6.45) is 2.37. The van der Waals surface area contributed by atoms with Gasteiger partial charge in [0.2, 0.25) is 5.88 Å².